The number of rotatable bonds is 2. The number of nitrogens with zero attached hydrogens (tertiary/aromatic N) is 2. The summed E-state index contributed by atoms with van der Waals surface area (Å²) in [5, 5.41) is 0. The summed E-state index contributed by atoms with van der Waals surface area (Å²) in [5.74, 6) is 0.452. The lowest BCUT2D eigenvalue weighted by Gasteiger charge is -2.41. The van der Waals surface area contributed by atoms with Crippen LogP contribution in [0.1, 0.15) is 51.4 Å². The van der Waals surface area contributed by atoms with Crippen LogP contribution >= 0.6 is 24.8 Å². The number of amides is 1. The van der Waals surface area contributed by atoms with Gasteiger partial charge in [0.05, 0.1) is 5.92 Å². The zero-order valence-electron chi connectivity index (χ0n) is 13.4. The Morgan fingerprint density at radius 1 is 0.818 bits per heavy atom. The molecule has 0 aromatic carbocycles. The van der Waals surface area contributed by atoms with Crippen molar-refractivity contribution < 1.29 is 4.79 Å². The quantitative estimate of drug-likeness (QED) is 0.830. The lowest BCUT2D eigenvalue weighted by atomic mass is 9.97. The summed E-state index contributed by atoms with van der Waals surface area (Å²) >= 11 is 0. The second kappa shape index (κ2) is 9.31. The van der Waals surface area contributed by atoms with Gasteiger partial charge in [-0.3, -0.25) is 4.79 Å². The van der Waals surface area contributed by atoms with Crippen LogP contribution in [0.3, 0.4) is 0 Å². The highest BCUT2D eigenvalue weighted by molar-refractivity contribution is 5.85. The zero-order chi connectivity index (χ0) is 13.9. The molecule has 1 aliphatic carbocycles. The SMILES string of the molecule is Cl.Cl.NC1CCCC1C(=O)N1CCC(N2CCCCC2)CC1. The number of piperidine rings is 2. The van der Waals surface area contributed by atoms with Gasteiger partial charge in [0.25, 0.3) is 0 Å². The number of carbonyl (C=O) groups is 1. The van der Waals surface area contributed by atoms with Gasteiger partial charge in [-0.15, -0.1) is 24.8 Å². The van der Waals surface area contributed by atoms with Gasteiger partial charge >= 0.3 is 0 Å². The largest absolute Gasteiger partial charge is 0.342 e. The molecule has 0 aromatic heterocycles. The van der Waals surface area contributed by atoms with Crippen molar-refractivity contribution in [1.29, 1.82) is 0 Å². The molecule has 1 amide bonds. The zero-order valence-corrected chi connectivity index (χ0v) is 15.0. The van der Waals surface area contributed by atoms with Gasteiger partial charge in [0.15, 0.2) is 0 Å². The fourth-order valence-electron chi connectivity index (χ4n) is 4.26. The minimum atomic E-state index is 0. The Hall–Kier alpha value is -0.0300. The molecule has 0 bridgehead atoms. The maximum absolute atomic E-state index is 12.5. The highest BCUT2D eigenvalue weighted by Gasteiger charge is 2.35. The first-order valence-corrected chi connectivity index (χ1v) is 8.54. The fourth-order valence-corrected chi connectivity index (χ4v) is 4.26. The molecule has 1 saturated carbocycles. The molecular weight excluding hydrogens is 321 g/mol. The average molecular weight is 352 g/mol. The normalized spacial score (nSPS) is 30.5. The first-order valence-electron chi connectivity index (χ1n) is 8.54. The smallest absolute Gasteiger partial charge is 0.227 e. The molecule has 2 heterocycles. The van der Waals surface area contributed by atoms with Crippen LogP contribution in [0, 0.1) is 5.92 Å². The van der Waals surface area contributed by atoms with E-state index in [0.29, 0.717) is 5.91 Å². The van der Waals surface area contributed by atoms with Gasteiger partial charge in [0.2, 0.25) is 5.91 Å². The molecule has 6 heteroatoms. The van der Waals surface area contributed by atoms with E-state index in [1.165, 1.54) is 32.4 Å². The van der Waals surface area contributed by atoms with E-state index in [1.54, 1.807) is 0 Å². The number of likely N-dealkylation sites (tertiary alicyclic amines) is 2. The number of hydrogen-bond donors (Lipinski definition) is 1. The van der Waals surface area contributed by atoms with Crippen molar-refractivity contribution in [2.75, 3.05) is 26.2 Å². The minimum absolute atomic E-state index is 0. The van der Waals surface area contributed by atoms with E-state index < -0.39 is 0 Å². The molecule has 0 spiro atoms. The lowest BCUT2D eigenvalue weighted by molar-refractivity contribution is -0.137. The highest BCUT2D eigenvalue weighted by Crippen LogP contribution is 2.28. The fraction of sp³-hybridized carbons (Fsp3) is 0.938. The van der Waals surface area contributed by atoms with Crippen LogP contribution in [0.25, 0.3) is 0 Å². The van der Waals surface area contributed by atoms with Crippen LogP contribution in [0.5, 0.6) is 0 Å². The first kappa shape index (κ1) is 20.0. The second-order valence-electron chi connectivity index (χ2n) is 6.85. The van der Waals surface area contributed by atoms with Gasteiger partial charge < -0.3 is 15.5 Å². The Morgan fingerprint density at radius 3 is 2.00 bits per heavy atom. The Kier molecular flexibility index (Phi) is 8.47. The standard InChI is InChI=1S/C16H29N3O.2ClH/c17-15-6-4-5-14(15)16(20)19-11-7-13(8-12-19)18-9-2-1-3-10-18;;/h13-15H,1-12,17H2;2*1H. The molecule has 4 nitrogen and oxygen atoms in total. The number of carbonyl (C=O) groups excluding carboxylic acids is 1. The van der Waals surface area contributed by atoms with E-state index in [1.807, 2.05) is 0 Å². The summed E-state index contributed by atoms with van der Waals surface area (Å²) in [4.78, 5) is 17.3. The lowest BCUT2D eigenvalue weighted by Crippen LogP contribution is -2.50. The molecule has 3 rings (SSSR count). The molecule has 2 saturated heterocycles. The van der Waals surface area contributed by atoms with Crippen molar-refractivity contribution in [2.45, 2.75) is 63.5 Å². The van der Waals surface area contributed by atoms with Gasteiger partial charge in [0, 0.05) is 25.2 Å². The summed E-state index contributed by atoms with van der Waals surface area (Å²) in [5.41, 5.74) is 6.08. The highest BCUT2D eigenvalue weighted by atomic mass is 35.5. The van der Waals surface area contributed by atoms with E-state index in [4.69, 9.17) is 5.73 Å². The van der Waals surface area contributed by atoms with Crippen molar-refractivity contribution in [1.82, 2.24) is 9.80 Å². The molecule has 3 aliphatic rings. The van der Waals surface area contributed by atoms with E-state index in [0.717, 1.165) is 51.2 Å². The van der Waals surface area contributed by atoms with Gasteiger partial charge in [-0.05, 0) is 51.6 Å². The predicted octanol–water partition coefficient (Wildman–Crippen LogP) is 2.43. The average Bonchev–Trinajstić information content (AvgIpc) is 2.94. The van der Waals surface area contributed by atoms with Crippen molar-refractivity contribution in [3.05, 3.63) is 0 Å². The summed E-state index contributed by atoms with van der Waals surface area (Å²) in [7, 11) is 0. The molecule has 130 valence electrons. The van der Waals surface area contributed by atoms with E-state index in [2.05, 4.69) is 9.80 Å². The van der Waals surface area contributed by atoms with Crippen LogP contribution in [0.4, 0.5) is 0 Å². The molecule has 2 unspecified atom stereocenters. The third-order valence-corrected chi connectivity index (χ3v) is 5.57. The number of hydrogen-bond acceptors (Lipinski definition) is 3. The number of halogens is 2. The van der Waals surface area contributed by atoms with E-state index >= 15 is 0 Å². The van der Waals surface area contributed by atoms with Gasteiger partial charge in [-0.2, -0.15) is 0 Å². The molecule has 22 heavy (non-hydrogen) atoms. The van der Waals surface area contributed by atoms with Crippen LogP contribution in [0.15, 0.2) is 0 Å². The molecule has 0 radical (unpaired) electrons. The van der Waals surface area contributed by atoms with Crippen LogP contribution < -0.4 is 5.73 Å². The van der Waals surface area contributed by atoms with Gasteiger partial charge in [-0.25, -0.2) is 0 Å². The van der Waals surface area contributed by atoms with Gasteiger partial charge in [0.1, 0.15) is 0 Å². The van der Waals surface area contributed by atoms with Crippen LogP contribution in [-0.4, -0.2) is 54.0 Å². The van der Waals surface area contributed by atoms with Crippen molar-refractivity contribution in [3.63, 3.8) is 0 Å². The topological polar surface area (TPSA) is 49.6 Å². The number of nitrogens with two attached hydrogens (primary N) is 1. The Morgan fingerprint density at radius 2 is 1.45 bits per heavy atom. The Balaban J connectivity index is 0.00000121. The van der Waals surface area contributed by atoms with E-state index in [-0.39, 0.29) is 36.8 Å². The molecule has 2 N–H and O–H groups in total. The van der Waals surface area contributed by atoms with Gasteiger partial charge in [-0.1, -0.05) is 12.8 Å². The van der Waals surface area contributed by atoms with Crippen molar-refractivity contribution >= 4 is 30.7 Å². The molecule has 2 atom stereocenters. The maximum atomic E-state index is 12.5. The monoisotopic (exact) mass is 351 g/mol. The van der Waals surface area contributed by atoms with Crippen LogP contribution in [-0.2, 0) is 4.79 Å². The van der Waals surface area contributed by atoms with Crippen LogP contribution in [0.2, 0.25) is 0 Å². The molecular formula is C16H31Cl2N3O. The molecule has 2 aliphatic heterocycles. The Bertz CT molecular complexity index is 342. The first-order chi connectivity index (χ1) is 9.75. The summed E-state index contributed by atoms with van der Waals surface area (Å²) in [6, 6.07) is 0.832. The summed E-state index contributed by atoms with van der Waals surface area (Å²) in [6.07, 6.45) is 9.59. The van der Waals surface area contributed by atoms with Crippen molar-refractivity contribution in [2.24, 2.45) is 11.7 Å². The Labute approximate surface area is 147 Å². The maximum Gasteiger partial charge on any atom is 0.227 e. The van der Waals surface area contributed by atoms with E-state index in [9.17, 15) is 4.79 Å². The summed E-state index contributed by atoms with van der Waals surface area (Å²) in [6.45, 7) is 4.44. The third kappa shape index (κ3) is 4.50. The predicted molar refractivity (Wildman–Crippen MR) is 94.8 cm³/mol. The third-order valence-electron chi connectivity index (χ3n) is 5.57. The summed E-state index contributed by atoms with van der Waals surface area (Å²) < 4.78 is 0. The molecule has 0 aromatic rings. The minimum Gasteiger partial charge on any atom is -0.342 e. The second-order valence-corrected chi connectivity index (χ2v) is 6.85. The van der Waals surface area contributed by atoms with Crippen molar-refractivity contribution in [3.8, 4) is 0 Å². The molecule has 3 fully saturated rings.